The Balaban J connectivity index is 2.33. The molecule has 24 heavy (non-hydrogen) atoms. The molecule has 128 valence electrons. The van der Waals surface area contributed by atoms with Crippen molar-refractivity contribution in [1.29, 1.82) is 0 Å². The number of sulfonamides is 1. The molecule has 0 saturated carbocycles. The van der Waals surface area contributed by atoms with E-state index in [0.717, 1.165) is 12.1 Å². The van der Waals surface area contributed by atoms with Gasteiger partial charge in [0, 0.05) is 5.02 Å². The van der Waals surface area contributed by atoms with E-state index < -0.39 is 27.9 Å². The number of esters is 1. The second-order valence-electron chi connectivity index (χ2n) is 4.96. The first kappa shape index (κ1) is 18.4. The number of hydrogen-bond acceptors (Lipinski definition) is 4. The van der Waals surface area contributed by atoms with Gasteiger partial charge in [-0.2, -0.15) is 0 Å². The van der Waals surface area contributed by atoms with Gasteiger partial charge in [-0.15, -0.1) is 0 Å². The smallest absolute Gasteiger partial charge is 0.307 e. The normalized spacial score (nSPS) is 12.6. The van der Waals surface area contributed by atoms with Crippen molar-refractivity contribution < 1.29 is 22.3 Å². The largest absolute Gasteiger partial charge is 0.469 e. The first-order chi connectivity index (χ1) is 11.3. The summed E-state index contributed by atoms with van der Waals surface area (Å²) in [6.07, 6.45) is -0.216. The van der Waals surface area contributed by atoms with E-state index in [-0.39, 0.29) is 11.3 Å². The minimum atomic E-state index is -4.02. The molecule has 0 aliphatic rings. The summed E-state index contributed by atoms with van der Waals surface area (Å²) < 4.78 is 45.2. The van der Waals surface area contributed by atoms with Gasteiger partial charge in [-0.1, -0.05) is 29.8 Å². The van der Waals surface area contributed by atoms with Crippen LogP contribution in [0.2, 0.25) is 5.02 Å². The quantitative estimate of drug-likeness (QED) is 0.792. The summed E-state index contributed by atoms with van der Waals surface area (Å²) in [5.74, 6) is -1.26. The van der Waals surface area contributed by atoms with Crippen LogP contribution in [-0.2, 0) is 19.6 Å². The standard InChI is InChI=1S/C16H15ClFNO4S/c1-23-16(20)10-15(11-5-7-12(17)8-6-11)19-24(21,22)14-4-2-3-13(18)9-14/h2-9,15,19H,10H2,1H3. The number of halogens is 2. The summed E-state index contributed by atoms with van der Waals surface area (Å²) in [5, 5.41) is 0.476. The van der Waals surface area contributed by atoms with Gasteiger partial charge in [0.05, 0.1) is 24.5 Å². The molecule has 0 fully saturated rings. The van der Waals surface area contributed by atoms with E-state index in [9.17, 15) is 17.6 Å². The second-order valence-corrected chi connectivity index (χ2v) is 7.11. The van der Waals surface area contributed by atoms with Crippen LogP contribution in [0.5, 0.6) is 0 Å². The lowest BCUT2D eigenvalue weighted by atomic mass is 10.1. The molecule has 8 heteroatoms. The van der Waals surface area contributed by atoms with Crippen LogP contribution in [-0.4, -0.2) is 21.5 Å². The maximum absolute atomic E-state index is 13.3. The molecule has 1 N–H and O–H groups in total. The number of ether oxygens (including phenoxy) is 1. The molecule has 1 atom stereocenters. The predicted octanol–water partition coefficient (Wildman–Crippen LogP) is 3.06. The molecule has 0 heterocycles. The summed E-state index contributed by atoms with van der Waals surface area (Å²) in [6.45, 7) is 0. The summed E-state index contributed by atoms with van der Waals surface area (Å²) in [4.78, 5) is 11.4. The van der Waals surface area contributed by atoms with Crippen LogP contribution >= 0.6 is 11.6 Å². The molecule has 0 saturated heterocycles. The lowest BCUT2D eigenvalue weighted by molar-refractivity contribution is -0.141. The molecule has 0 aliphatic carbocycles. The number of benzene rings is 2. The molecule has 0 bridgehead atoms. The van der Waals surface area contributed by atoms with E-state index in [1.165, 1.54) is 19.2 Å². The van der Waals surface area contributed by atoms with Gasteiger partial charge in [0.15, 0.2) is 0 Å². The van der Waals surface area contributed by atoms with Crippen molar-refractivity contribution in [3.63, 3.8) is 0 Å². The van der Waals surface area contributed by atoms with Crippen molar-refractivity contribution in [1.82, 2.24) is 4.72 Å². The van der Waals surface area contributed by atoms with Crippen LogP contribution in [0.4, 0.5) is 4.39 Å². The summed E-state index contributed by atoms with van der Waals surface area (Å²) >= 11 is 5.82. The minimum absolute atomic E-state index is 0.216. The van der Waals surface area contributed by atoms with E-state index >= 15 is 0 Å². The fourth-order valence-corrected chi connectivity index (χ4v) is 3.44. The van der Waals surface area contributed by atoms with Gasteiger partial charge in [-0.25, -0.2) is 17.5 Å². The van der Waals surface area contributed by atoms with Gasteiger partial charge in [-0.05, 0) is 35.9 Å². The number of carbonyl (C=O) groups is 1. The number of hydrogen-bond donors (Lipinski definition) is 1. The summed E-state index contributed by atoms with van der Waals surface area (Å²) in [7, 11) is -2.81. The SMILES string of the molecule is COC(=O)CC(NS(=O)(=O)c1cccc(F)c1)c1ccc(Cl)cc1. The predicted molar refractivity (Wildman–Crippen MR) is 87.5 cm³/mol. The lowest BCUT2D eigenvalue weighted by Gasteiger charge is -2.18. The Labute approximate surface area is 144 Å². The molecule has 0 radical (unpaired) electrons. The topological polar surface area (TPSA) is 72.5 Å². The van der Waals surface area contributed by atoms with Crippen molar-refractivity contribution in [2.75, 3.05) is 7.11 Å². The minimum Gasteiger partial charge on any atom is -0.469 e. The highest BCUT2D eigenvalue weighted by Gasteiger charge is 2.24. The van der Waals surface area contributed by atoms with Crippen LogP contribution < -0.4 is 4.72 Å². The molecule has 0 spiro atoms. The molecular formula is C16H15ClFNO4S. The third-order valence-corrected chi connectivity index (χ3v) is 5.00. The van der Waals surface area contributed by atoms with E-state index in [4.69, 9.17) is 11.6 Å². The molecule has 5 nitrogen and oxygen atoms in total. The van der Waals surface area contributed by atoms with Crippen LogP contribution in [0.3, 0.4) is 0 Å². The van der Waals surface area contributed by atoms with Gasteiger partial charge in [-0.3, -0.25) is 4.79 Å². The van der Waals surface area contributed by atoms with Crippen molar-refractivity contribution >= 4 is 27.6 Å². The average Bonchev–Trinajstić information content (AvgIpc) is 2.54. The van der Waals surface area contributed by atoms with Crippen molar-refractivity contribution in [3.8, 4) is 0 Å². The number of rotatable bonds is 6. The molecule has 2 aromatic carbocycles. The molecular weight excluding hydrogens is 357 g/mol. The highest BCUT2D eigenvalue weighted by atomic mass is 35.5. The highest BCUT2D eigenvalue weighted by Crippen LogP contribution is 2.23. The highest BCUT2D eigenvalue weighted by molar-refractivity contribution is 7.89. The zero-order valence-electron chi connectivity index (χ0n) is 12.7. The van der Waals surface area contributed by atoms with Crippen LogP contribution in [0.1, 0.15) is 18.0 Å². The zero-order valence-corrected chi connectivity index (χ0v) is 14.3. The van der Waals surface area contributed by atoms with Gasteiger partial charge in [0.1, 0.15) is 5.82 Å². The van der Waals surface area contributed by atoms with E-state index in [1.807, 2.05) is 0 Å². The van der Waals surface area contributed by atoms with Crippen molar-refractivity contribution in [2.45, 2.75) is 17.4 Å². The number of methoxy groups -OCH3 is 1. The van der Waals surface area contributed by atoms with E-state index in [1.54, 1.807) is 24.3 Å². The first-order valence-corrected chi connectivity index (χ1v) is 8.78. The number of nitrogens with one attached hydrogen (secondary N) is 1. The van der Waals surface area contributed by atoms with Crippen LogP contribution in [0.15, 0.2) is 53.4 Å². The maximum atomic E-state index is 13.3. The Morgan fingerprint density at radius 2 is 1.92 bits per heavy atom. The average molecular weight is 372 g/mol. The first-order valence-electron chi connectivity index (χ1n) is 6.92. The summed E-state index contributed by atoms with van der Waals surface area (Å²) in [5.41, 5.74) is 0.532. The second kappa shape index (κ2) is 7.74. The molecule has 0 aliphatic heterocycles. The fourth-order valence-electron chi connectivity index (χ4n) is 2.06. The molecule has 0 aromatic heterocycles. The van der Waals surface area contributed by atoms with Crippen LogP contribution in [0, 0.1) is 5.82 Å². The Hall–Kier alpha value is -1.96. The molecule has 2 rings (SSSR count). The van der Waals surface area contributed by atoms with E-state index in [2.05, 4.69) is 9.46 Å². The van der Waals surface area contributed by atoms with Gasteiger partial charge in [0.2, 0.25) is 10.0 Å². The van der Waals surface area contributed by atoms with E-state index in [0.29, 0.717) is 10.6 Å². The maximum Gasteiger partial charge on any atom is 0.307 e. The fraction of sp³-hybridized carbons (Fsp3) is 0.188. The lowest BCUT2D eigenvalue weighted by Crippen LogP contribution is -2.30. The zero-order chi connectivity index (χ0) is 17.7. The number of carbonyl (C=O) groups excluding carboxylic acids is 1. The third-order valence-electron chi connectivity index (χ3n) is 3.27. The van der Waals surface area contributed by atoms with Crippen molar-refractivity contribution in [3.05, 3.63) is 64.9 Å². The van der Waals surface area contributed by atoms with Crippen LogP contribution in [0.25, 0.3) is 0 Å². The van der Waals surface area contributed by atoms with Crippen molar-refractivity contribution in [2.24, 2.45) is 0 Å². The van der Waals surface area contributed by atoms with Gasteiger partial charge < -0.3 is 4.74 Å². The Morgan fingerprint density at radius 1 is 1.25 bits per heavy atom. The molecule has 0 amide bonds. The third kappa shape index (κ3) is 4.77. The summed E-state index contributed by atoms with van der Waals surface area (Å²) in [6, 6.07) is 10.1. The molecule has 1 unspecified atom stereocenters. The van der Waals surface area contributed by atoms with Gasteiger partial charge in [0.25, 0.3) is 0 Å². The Bertz CT molecular complexity index is 824. The molecule has 2 aromatic rings. The monoisotopic (exact) mass is 371 g/mol. The van der Waals surface area contributed by atoms with Gasteiger partial charge >= 0.3 is 5.97 Å². The Morgan fingerprint density at radius 3 is 2.50 bits per heavy atom. The Kier molecular flexibility index (Phi) is 5.93.